The van der Waals surface area contributed by atoms with Crippen LogP contribution in [0.15, 0.2) is 47.4 Å². The van der Waals surface area contributed by atoms with Crippen molar-refractivity contribution >= 4 is 21.6 Å². The van der Waals surface area contributed by atoms with Crippen LogP contribution in [0, 0.1) is 19.7 Å². The molecule has 1 heterocycles. The smallest absolute Gasteiger partial charge is 0.279 e. The molecule has 0 radical (unpaired) electrons. The zero-order valence-electron chi connectivity index (χ0n) is 16.0. The zero-order valence-corrected chi connectivity index (χ0v) is 16.9. The van der Waals surface area contributed by atoms with Gasteiger partial charge in [-0.2, -0.15) is 4.31 Å². The van der Waals surface area contributed by atoms with Crippen molar-refractivity contribution in [3.63, 3.8) is 0 Å². The Balaban J connectivity index is 1.56. The fourth-order valence-electron chi connectivity index (χ4n) is 3.48. The van der Waals surface area contributed by atoms with Gasteiger partial charge in [-0.15, -0.1) is 0 Å². The van der Waals surface area contributed by atoms with Gasteiger partial charge in [0.2, 0.25) is 10.0 Å². The molecule has 28 heavy (non-hydrogen) atoms. The third kappa shape index (κ3) is 4.95. The molecular formula is C20H25FN3O3S+. The Labute approximate surface area is 165 Å². The number of aryl methyl sites for hydroxylation is 2. The van der Waals surface area contributed by atoms with Crippen molar-refractivity contribution < 1.29 is 22.5 Å². The van der Waals surface area contributed by atoms with Crippen LogP contribution in [0.2, 0.25) is 0 Å². The highest BCUT2D eigenvalue weighted by Gasteiger charge is 2.31. The molecule has 0 bridgehead atoms. The van der Waals surface area contributed by atoms with E-state index >= 15 is 0 Å². The highest BCUT2D eigenvalue weighted by atomic mass is 32.2. The van der Waals surface area contributed by atoms with E-state index in [1.54, 1.807) is 0 Å². The lowest BCUT2D eigenvalue weighted by molar-refractivity contribution is -0.895. The molecule has 2 aromatic rings. The average molecular weight is 407 g/mol. The van der Waals surface area contributed by atoms with E-state index in [9.17, 15) is 17.6 Å². The monoisotopic (exact) mass is 406 g/mol. The third-order valence-corrected chi connectivity index (χ3v) is 6.67. The normalized spacial score (nSPS) is 16.1. The summed E-state index contributed by atoms with van der Waals surface area (Å²) >= 11 is 0. The second kappa shape index (κ2) is 8.38. The van der Waals surface area contributed by atoms with Crippen LogP contribution in [0.25, 0.3) is 0 Å². The van der Waals surface area contributed by atoms with Crippen LogP contribution in [-0.2, 0) is 14.8 Å². The number of sulfonamides is 1. The summed E-state index contributed by atoms with van der Waals surface area (Å²) in [6.07, 6.45) is 0. The lowest BCUT2D eigenvalue weighted by atomic mass is 10.1. The summed E-state index contributed by atoms with van der Waals surface area (Å²) in [7, 11) is -3.72. The molecule has 1 aliphatic rings. The Bertz CT molecular complexity index is 950. The molecule has 6 nitrogen and oxygen atoms in total. The highest BCUT2D eigenvalue weighted by molar-refractivity contribution is 7.89. The number of anilines is 1. The molecule has 3 rings (SSSR count). The summed E-state index contributed by atoms with van der Waals surface area (Å²) in [4.78, 5) is 13.3. The molecule has 1 saturated heterocycles. The number of quaternary nitrogens is 1. The molecule has 8 heteroatoms. The molecule has 1 amide bonds. The second-order valence-electron chi connectivity index (χ2n) is 7.21. The minimum Gasteiger partial charge on any atom is -0.325 e. The standard InChI is InChI=1S/C20H24FN3O3S/c1-15-10-16(2)12-18(11-15)22-20(25)14-23-6-8-24(9-7-23)28(26,27)19-5-3-4-17(21)13-19/h3-5,10-13H,6-9,14H2,1-2H3,(H,22,25)/p+1. The van der Waals surface area contributed by atoms with Crippen molar-refractivity contribution in [2.75, 3.05) is 38.0 Å². The quantitative estimate of drug-likeness (QED) is 0.778. The van der Waals surface area contributed by atoms with Crippen molar-refractivity contribution in [1.82, 2.24) is 4.31 Å². The largest absolute Gasteiger partial charge is 0.325 e. The number of carbonyl (C=O) groups is 1. The topological polar surface area (TPSA) is 70.9 Å². The Morgan fingerprint density at radius 1 is 1.11 bits per heavy atom. The summed E-state index contributed by atoms with van der Waals surface area (Å²) in [5.74, 6) is -0.671. The molecule has 2 N–H and O–H groups in total. The van der Waals surface area contributed by atoms with Gasteiger partial charge in [-0.25, -0.2) is 12.8 Å². The number of amides is 1. The van der Waals surface area contributed by atoms with Crippen molar-refractivity contribution in [2.45, 2.75) is 18.7 Å². The van der Waals surface area contributed by atoms with Crippen molar-refractivity contribution in [3.8, 4) is 0 Å². The van der Waals surface area contributed by atoms with Gasteiger partial charge < -0.3 is 10.2 Å². The minimum absolute atomic E-state index is 0.0384. The van der Waals surface area contributed by atoms with Crippen LogP contribution < -0.4 is 10.2 Å². The number of hydrogen-bond donors (Lipinski definition) is 2. The minimum atomic E-state index is -3.72. The van der Waals surface area contributed by atoms with E-state index in [-0.39, 0.29) is 17.3 Å². The Kier molecular flexibility index (Phi) is 6.12. The maximum Gasteiger partial charge on any atom is 0.279 e. The summed E-state index contributed by atoms with van der Waals surface area (Å²) in [5, 5.41) is 2.91. The van der Waals surface area contributed by atoms with Crippen molar-refractivity contribution in [3.05, 3.63) is 59.4 Å². The van der Waals surface area contributed by atoms with Crippen LogP contribution >= 0.6 is 0 Å². The maximum atomic E-state index is 13.4. The lowest BCUT2D eigenvalue weighted by Gasteiger charge is -2.31. The molecular weight excluding hydrogens is 381 g/mol. The van der Waals surface area contributed by atoms with Crippen molar-refractivity contribution in [2.24, 2.45) is 0 Å². The van der Waals surface area contributed by atoms with E-state index in [1.807, 2.05) is 32.0 Å². The van der Waals surface area contributed by atoms with E-state index in [4.69, 9.17) is 0 Å². The van der Waals surface area contributed by atoms with E-state index in [0.717, 1.165) is 27.8 Å². The number of nitrogens with zero attached hydrogens (tertiary/aromatic N) is 1. The summed E-state index contributed by atoms with van der Waals surface area (Å²) in [6.45, 7) is 5.87. The molecule has 0 saturated carbocycles. The van der Waals surface area contributed by atoms with Gasteiger partial charge in [0, 0.05) is 5.69 Å². The number of nitrogens with one attached hydrogen (secondary N) is 2. The van der Waals surface area contributed by atoms with Gasteiger partial charge in [0.05, 0.1) is 31.1 Å². The van der Waals surface area contributed by atoms with Crippen LogP contribution in [-0.4, -0.2) is 51.4 Å². The zero-order chi connectivity index (χ0) is 20.3. The summed E-state index contributed by atoms with van der Waals surface area (Å²) in [6, 6.07) is 10.9. The number of piperazine rings is 1. The SMILES string of the molecule is Cc1cc(C)cc(NC(=O)C[NH+]2CCN(S(=O)(=O)c3cccc(F)c3)CC2)c1. The molecule has 0 unspecified atom stereocenters. The molecule has 0 aliphatic carbocycles. The summed E-state index contributed by atoms with van der Waals surface area (Å²) in [5.41, 5.74) is 2.94. The van der Waals surface area contributed by atoms with Crippen LogP contribution in [0.4, 0.5) is 10.1 Å². The van der Waals surface area contributed by atoms with E-state index < -0.39 is 15.8 Å². The molecule has 0 atom stereocenters. The first-order valence-electron chi connectivity index (χ1n) is 9.21. The van der Waals surface area contributed by atoms with Gasteiger partial charge in [-0.1, -0.05) is 12.1 Å². The van der Waals surface area contributed by atoms with Crippen LogP contribution in [0.1, 0.15) is 11.1 Å². The molecule has 0 aromatic heterocycles. The number of halogens is 1. The highest BCUT2D eigenvalue weighted by Crippen LogP contribution is 2.16. The Morgan fingerprint density at radius 2 is 1.75 bits per heavy atom. The van der Waals surface area contributed by atoms with E-state index in [0.29, 0.717) is 26.2 Å². The average Bonchev–Trinajstić information content (AvgIpc) is 2.61. The van der Waals surface area contributed by atoms with Gasteiger partial charge >= 0.3 is 0 Å². The van der Waals surface area contributed by atoms with E-state index in [2.05, 4.69) is 5.32 Å². The van der Waals surface area contributed by atoms with Crippen molar-refractivity contribution in [1.29, 1.82) is 0 Å². The first-order chi connectivity index (χ1) is 13.2. The maximum absolute atomic E-state index is 13.4. The molecule has 2 aromatic carbocycles. The first kappa shape index (κ1) is 20.4. The molecule has 150 valence electrons. The number of benzene rings is 2. The first-order valence-corrected chi connectivity index (χ1v) is 10.7. The number of hydrogen-bond acceptors (Lipinski definition) is 3. The fraction of sp³-hybridized carbons (Fsp3) is 0.350. The van der Waals surface area contributed by atoms with Gasteiger partial charge in [-0.3, -0.25) is 4.79 Å². The Hall–Kier alpha value is -2.29. The van der Waals surface area contributed by atoms with E-state index in [1.165, 1.54) is 22.5 Å². The van der Waals surface area contributed by atoms with Gasteiger partial charge in [0.1, 0.15) is 5.82 Å². The van der Waals surface area contributed by atoms with Gasteiger partial charge in [-0.05, 0) is 55.3 Å². The predicted molar refractivity (Wildman–Crippen MR) is 105 cm³/mol. The predicted octanol–water partition coefficient (Wildman–Crippen LogP) is 0.970. The fourth-order valence-corrected chi connectivity index (χ4v) is 4.95. The molecule has 1 aliphatic heterocycles. The molecule has 1 fully saturated rings. The number of carbonyl (C=O) groups excluding carboxylic acids is 1. The van der Waals surface area contributed by atoms with Gasteiger partial charge in [0.15, 0.2) is 6.54 Å². The Morgan fingerprint density at radius 3 is 2.36 bits per heavy atom. The van der Waals surface area contributed by atoms with Crippen LogP contribution in [0.3, 0.4) is 0 Å². The lowest BCUT2D eigenvalue weighted by Crippen LogP contribution is -3.15. The second-order valence-corrected chi connectivity index (χ2v) is 9.15. The molecule has 0 spiro atoms. The number of rotatable bonds is 5. The van der Waals surface area contributed by atoms with Gasteiger partial charge in [0.25, 0.3) is 5.91 Å². The van der Waals surface area contributed by atoms with Crippen LogP contribution in [0.5, 0.6) is 0 Å². The third-order valence-electron chi connectivity index (χ3n) is 4.78. The summed E-state index contributed by atoms with van der Waals surface area (Å²) < 4.78 is 40.0.